The first-order valence-corrected chi connectivity index (χ1v) is 15.6. The van der Waals surface area contributed by atoms with Gasteiger partial charge in [-0.25, -0.2) is 0 Å². The van der Waals surface area contributed by atoms with Gasteiger partial charge in [-0.3, -0.25) is 14.6 Å². The summed E-state index contributed by atoms with van der Waals surface area (Å²) in [4.78, 5) is 30.2. The molecule has 6 rings (SSSR count). The molecule has 5 heteroatoms. The number of aliphatic hydroxyl groups excluding tert-OH is 1. The summed E-state index contributed by atoms with van der Waals surface area (Å²) in [5, 5.41) is 20.9. The van der Waals surface area contributed by atoms with Gasteiger partial charge < -0.3 is 10.2 Å². The number of rotatable bonds is 1. The lowest BCUT2D eigenvalue weighted by Crippen LogP contribution is -2.66. The molecule has 0 radical (unpaired) electrons. The molecule has 40 heavy (non-hydrogen) atoms. The van der Waals surface area contributed by atoms with Crippen molar-refractivity contribution in [2.24, 2.45) is 50.2 Å². The molecule has 0 saturated heterocycles. The Hall–Kier alpha value is -2.01. The second-order valence-corrected chi connectivity index (χ2v) is 16.0. The van der Waals surface area contributed by atoms with Gasteiger partial charge in [0.1, 0.15) is 0 Å². The van der Waals surface area contributed by atoms with Crippen LogP contribution in [0.5, 0.6) is 0 Å². The fraction of sp³-hybridized carbons (Fsp3) is 0.743. The molecule has 4 fully saturated rings. The standard InChI is InChI=1S/C30H46O4.C5H5N/c1-25(2)21-8-11-30(7)23(28(21,5)10-9-22(25)32)20(31)16-18-19-17-27(4,24(33)34)13-12-26(19,3)14-15-29(18,30)6;1-2-4-6-5-3-1/h16,19,21-23,32H,8-15,17H2,1-7H3,(H,33,34);1-5H/t19-,21-,22-,23+,26+,27-,28-,29+,30+;/m0./s1. The van der Waals surface area contributed by atoms with Crippen LogP contribution in [0, 0.1) is 50.2 Å². The molecular formula is C35H51NO4. The van der Waals surface area contributed by atoms with Crippen LogP contribution in [-0.2, 0) is 9.59 Å². The van der Waals surface area contributed by atoms with E-state index in [-0.39, 0.29) is 50.8 Å². The first-order valence-electron chi connectivity index (χ1n) is 15.6. The second kappa shape index (κ2) is 9.51. The van der Waals surface area contributed by atoms with E-state index in [9.17, 15) is 19.8 Å². The van der Waals surface area contributed by atoms with Crippen molar-refractivity contribution in [3.8, 4) is 0 Å². The van der Waals surface area contributed by atoms with E-state index in [0.717, 1.165) is 51.4 Å². The first kappa shape index (κ1) is 29.5. The molecule has 1 aromatic rings. The summed E-state index contributed by atoms with van der Waals surface area (Å²) in [6.07, 6.45) is 13.5. The summed E-state index contributed by atoms with van der Waals surface area (Å²) in [5.41, 5.74) is 0.142. The summed E-state index contributed by atoms with van der Waals surface area (Å²) >= 11 is 0. The third-order valence-corrected chi connectivity index (χ3v) is 13.6. The highest BCUT2D eigenvalue weighted by Crippen LogP contribution is 2.75. The topological polar surface area (TPSA) is 87.5 Å². The molecule has 5 nitrogen and oxygen atoms in total. The zero-order valence-electron chi connectivity index (χ0n) is 25.8. The molecule has 0 bridgehead atoms. The van der Waals surface area contributed by atoms with Crippen molar-refractivity contribution in [3.05, 3.63) is 42.2 Å². The van der Waals surface area contributed by atoms with E-state index < -0.39 is 11.4 Å². The van der Waals surface area contributed by atoms with Crippen LogP contribution in [-0.4, -0.2) is 33.1 Å². The number of ketones is 1. The average Bonchev–Trinajstić information content (AvgIpc) is 2.90. The molecule has 1 aromatic heterocycles. The Bertz CT molecular complexity index is 1170. The Balaban J connectivity index is 0.000000477. The van der Waals surface area contributed by atoms with Gasteiger partial charge in [-0.2, -0.15) is 0 Å². The Morgan fingerprint density at radius 3 is 2.10 bits per heavy atom. The van der Waals surface area contributed by atoms with Gasteiger partial charge in [0.2, 0.25) is 0 Å². The highest BCUT2D eigenvalue weighted by atomic mass is 16.4. The number of carboxylic acid groups (broad SMARTS) is 1. The third-order valence-electron chi connectivity index (χ3n) is 13.6. The van der Waals surface area contributed by atoms with Gasteiger partial charge in [-0.05, 0) is 122 Å². The Kier molecular flexibility index (Phi) is 7.01. The molecule has 0 aliphatic heterocycles. The van der Waals surface area contributed by atoms with E-state index in [1.165, 1.54) is 5.57 Å². The highest BCUT2D eigenvalue weighted by Gasteiger charge is 2.70. The van der Waals surface area contributed by atoms with Crippen LogP contribution < -0.4 is 0 Å². The molecule has 0 amide bonds. The van der Waals surface area contributed by atoms with E-state index in [1.807, 2.05) is 31.2 Å². The second-order valence-electron chi connectivity index (χ2n) is 16.0. The minimum atomic E-state index is -0.711. The molecule has 5 aliphatic rings. The van der Waals surface area contributed by atoms with Gasteiger partial charge >= 0.3 is 5.97 Å². The Morgan fingerprint density at radius 1 is 0.875 bits per heavy atom. The zero-order valence-corrected chi connectivity index (χ0v) is 25.8. The van der Waals surface area contributed by atoms with Crippen LogP contribution in [0.15, 0.2) is 42.2 Å². The van der Waals surface area contributed by atoms with E-state index in [1.54, 1.807) is 12.4 Å². The minimum absolute atomic E-state index is 0.0296. The first-order chi connectivity index (χ1) is 18.6. The minimum Gasteiger partial charge on any atom is -0.481 e. The van der Waals surface area contributed by atoms with E-state index in [2.05, 4.69) is 46.5 Å². The van der Waals surface area contributed by atoms with Crippen LogP contribution in [0.1, 0.15) is 106 Å². The van der Waals surface area contributed by atoms with Gasteiger partial charge in [0.15, 0.2) is 5.78 Å². The van der Waals surface area contributed by atoms with Crippen molar-refractivity contribution in [2.45, 2.75) is 112 Å². The van der Waals surface area contributed by atoms with Crippen molar-refractivity contribution in [3.63, 3.8) is 0 Å². The van der Waals surface area contributed by atoms with E-state index >= 15 is 0 Å². The van der Waals surface area contributed by atoms with Gasteiger partial charge in [0.25, 0.3) is 0 Å². The summed E-state index contributed by atoms with van der Waals surface area (Å²) in [6, 6.07) is 5.72. The number of aliphatic hydroxyl groups is 1. The fourth-order valence-electron chi connectivity index (χ4n) is 10.7. The van der Waals surface area contributed by atoms with Crippen LogP contribution >= 0.6 is 0 Å². The zero-order chi connectivity index (χ0) is 29.4. The molecule has 220 valence electrons. The number of allylic oxidation sites excluding steroid dienone is 2. The summed E-state index contributed by atoms with van der Waals surface area (Å²) in [7, 11) is 0. The number of nitrogens with zero attached hydrogens (tertiary/aromatic N) is 1. The van der Waals surface area contributed by atoms with E-state index in [4.69, 9.17) is 0 Å². The number of aromatic nitrogens is 1. The predicted molar refractivity (Wildman–Crippen MR) is 157 cm³/mol. The van der Waals surface area contributed by atoms with Crippen molar-refractivity contribution < 1.29 is 19.8 Å². The summed E-state index contributed by atoms with van der Waals surface area (Å²) in [5.74, 6) is 0.0603. The number of hydrogen-bond acceptors (Lipinski definition) is 4. The Labute approximate surface area is 241 Å². The van der Waals surface area contributed by atoms with Gasteiger partial charge in [-0.1, -0.05) is 53.2 Å². The van der Waals surface area contributed by atoms with Crippen molar-refractivity contribution in [1.82, 2.24) is 4.98 Å². The number of carbonyl (C=O) groups excluding carboxylic acids is 1. The van der Waals surface area contributed by atoms with Crippen molar-refractivity contribution in [1.29, 1.82) is 0 Å². The lowest BCUT2D eigenvalue weighted by atomic mass is 9.33. The predicted octanol–water partition coefficient (Wildman–Crippen LogP) is 7.49. The van der Waals surface area contributed by atoms with Crippen LogP contribution in [0.2, 0.25) is 0 Å². The maximum Gasteiger partial charge on any atom is 0.309 e. The lowest BCUT2D eigenvalue weighted by molar-refractivity contribution is -0.202. The molecule has 4 saturated carbocycles. The molecule has 9 atom stereocenters. The van der Waals surface area contributed by atoms with Crippen LogP contribution in [0.3, 0.4) is 0 Å². The van der Waals surface area contributed by atoms with Crippen LogP contribution in [0.25, 0.3) is 0 Å². The van der Waals surface area contributed by atoms with E-state index in [0.29, 0.717) is 12.3 Å². The van der Waals surface area contributed by atoms with Gasteiger partial charge in [0, 0.05) is 18.3 Å². The molecule has 0 aromatic carbocycles. The number of hydrogen-bond donors (Lipinski definition) is 2. The maximum absolute atomic E-state index is 14.2. The number of carbonyl (C=O) groups is 2. The molecule has 0 spiro atoms. The molecular weight excluding hydrogens is 498 g/mol. The molecule has 5 aliphatic carbocycles. The molecule has 0 unspecified atom stereocenters. The monoisotopic (exact) mass is 549 g/mol. The fourth-order valence-corrected chi connectivity index (χ4v) is 10.7. The maximum atomic E-state index is 14.2. The third kappa shape index (κ3) is 4.07. The lowest BCUT2D eigenvalue weighted by Gasteiger charge is -2.70. The normalized spacial score (nSPS) is 47.2. The SMILES string of the molecule is CC1(C)[C@@H](O)CC[C@]2(C)[C@H]3C(=O)C=C4[C@@H]5C[C@@](C)(C(=O)O)CC[C@]5(C)CC[C@@]4(C)[C@]3(C)CC[C@@H]12.c1ccncc1. The molecule has 1 heterocycles. The summed E-state index contributed by atoms with van der Waals surface area (Å²) < 4.78 is 0. The average molecular weight is 550 g/mol. The molecule has 2 N–H and O–H groups in total. The van der Waals surface area contributed by atoms with Crippen molar-refractivity contribution in [2.75, 3.05) is 0 Å². The number of aliphatic carboxylic acids is 1. The number of fused-ring (bicyclic) bond motifs is 7. The smallest absolute Gasteiger partial charge is 0.309 e. The van der Waals surface area contributed by atoms with Crippen molar-refractivity contribution >= 4 is 11.8 Å². The number of carboxylic acids is 1. The largest absolute Gasteiger partial charge is 0.481 e. The Morgan fingerprint density at radius 2 is 1.52 bits per heavy atom. The van der Waals surface area contributed by atoms with Crippen LogP contribution in [0.4, 0.5) is 0 Å². The van der Waals surface area contributed by atoms with Gasteiger partial charge in [0.05, 0.1) is 11.5 Å². The quantitative estimate of drug-likeness (QED) is 0.379. The van der Waals surface area contributed by atoms with Gasteiger partial charge in [-0.15, -0.1) is 0 Å². The number of pyridine rings is 1. The highest BCUT2D eigenvalue weighted by molar-refractivity contribution is 5.95. The summed E-state index contributed by atoms with van der Waals surface area (Å²) in [6.45, 7) is 15.8.